The van der Waals surface area contributed by atoms with Crippen LogP contribution in [0.15, 0.2) is 12.4 Å². The highest BCUT2D eigenvalue weighted by Crippen LogP contribution is 2.19. The van der Waals surface area contributed by atoms with Crippen LogP contribution in [0.5, 0.6) is 0 Å². The van der Waals surface area contributed by atoms with E-state index in [4.69, 9.17) is 5.73 Å². The quantitative estimate of drug-likeness (QED) is 0.723. The zero-order chi connectivity index (χ0) is 14.5. The molecule has 7 nitrogen and oxygen atoms in total. The predicted molar refractivity (Wildman–Crippen MR) is 69.1 cm³/mol. The summed E-state index contributed by atoms with van der Waals surface area (Å²) in [5, 5.41) is 2.50. The number of piperidine rings is 1. The Bertz CT molecular complexity index is 485. The standard InChI is InChI=1S/C12H16FN5O2/c13-9-6-16-12(17-7-9)18-3-1-8(2-4-18)5-15-11(20)10(14)19/h6-8H,1-5H2,(H2,14,19)(H,15,20). The molecule has 2 rings (SSSR count). The normalized spacial score (nSPS) is 15.9. The zero-order valence-electron chi connectivity index (χ0n) is 10.9. The lowest BCUT2D eigenvalue weighted by Crippen LogP contribution is -2.42. The fourth-order valence-electron chi connectivity index (χ4n) is 2.13. The second-order valence-electron chi connectivity index (χ2n) is 4.71. The first-order chi connectivity index (χ1) is 9.56. The number of hydrogen-bond donors (Lipinski definition) is 2. The molecule has 1 saturated heterocycles. The number of amides is 2. The summed E-state index contributed by atoms with van der Waals surface area (Å²) < 4.78 is 12.7. The molecule has 2 heterocycles. The SMILES string of the molecule is NC(=O)C(=O)NCC1CCN(c2ncc(F)cn2)CC1. The van der Waals surface area contributed by atoms with E-state index in [9.17, 15) is 14.0 Å². The number of rotatable bonds is 3. The molecular weight excluding hydrogens is 265 g/mol. The van der Waals surface area contributed by atoms with Crippen molar-refractivity contribution >= 4 is 17.8 Å². The van der Waals surface area contributed by atoms with Gasteiger partial charge in [0.05, 0.1) is 12.4 Å². The smallest absolute Gasteiger partial charge is 0.309 e. The molecule has 2 amide bonds. The van der Waals surface area contributed by atoms with Crippen LogP contribution >= 0.6 is 0 Å². The number of nitrogens with zero attached hydrogens (tertiary/aromatic N) is 3. The summed E-state index contributed by atoms with van der Waals surface area (Å²) >= 11 is 0. The molecule has 0 aliphatic carbocycles. The van der Waals surface area contributed by atoms with Crippen LogP contribution in [0.25, 0.3) is 0 Å². The predicted octanol–water partition coefficient (Wildman–Crippen LogP) is -0.566. The number of nitrogens with two attached hydrogens (primary N) is 1. The molecule has 0 aromatic carbocycles. The Morgan fingerprint density at radius 1 is 1.35 bits per heavy atom. The van der Waals surface area contributed by atoms with E-state index in [-0.39, 0.29) is 5.92 Å². The molecule has 8 heteroatoms. The van der Waals surface area contributed by atoms with E-state index < -0.39 is 17.6 Å². The minimum atomic E-state index is -0.970. The lowest BCUT2D eigenvalue weighted by atomic mass is 9.97. The number of carbonyl (C=O) groups is 2. The second kappa shape index (κ2) is 6.27. The summed E-state index contributed by atoms with van der Waals surface area (Å²) in [6, 6.07) is 0. The van der Waals surface area contributed by atoms with Gasteiger partial charge in [-0.05, 0) is 18.8 Å². The van der Waals surface area contributed by atoms with Gasteiger partial charge in [0.1, 0.15) is 0 Å². The largest absolute Gasteiger partial charge is 0.361 e. The first-order valence-electron chi connectivity index (χ1n) is 6.36. The molecule has 1 aromatic rings. The van der Waals surface area contributed by atoms with Crippen LogP contribution in [0.4, 0.5) is 10.3 Å². The Hall–Kier alpha value is -2.25. The third kappa shape index (κ3) is 3.62. The molecule has 0 bridgehead atoms. The van der Waals surface area contributed by atoms with Crippen LogP contribution in [-0.4, -0.2) is 41.4 Å². The lowest BCUT2D eigenvalue weighted by Gasteiger charge is -2.31. The van der Waals surface area contributed by atoms with Crippen LogP contribution in [0, 0.1) is 11.7 Å². The molecule has 20 heavy (non-hydrogen) atoms. The molecule has 1 fully saturated rings. The van der Waals surface area contributed by atoms with Gasteiger partial charge in [-0.25, -0.2) is 14.4 Å². The maximum Gasteiger partial charge on any atom is 0.309 e. The van der Waals surface area contributed by atoms with Crippen LogP contribution in [0.2, 0.25) is 0 Å². The first kappa shape index (κ1) is 14.2. The van der Waals surface area contributed by atoms with Crippen LogP contribution < -0.4 is 16.0 Å². The molecule has 0 spiro atoms. The molecular formula is C12H16FN5O2. The van der Waals surface area contributed by atoms with E-state index >= 15 is 0 Å². The minimum Gasteiger partial charge on any atom is -0.361 e. The number of halogens is 1. The molecule has 1 aliphatic rings. The topological polar surface area (TPSA) is 101 Å². The molecule has 1 aliphatic heterocycles. The maximum absolute atomic E-state index is 12.7. The van der Waals surface area contributed by atoms with Gasteiger partial charge in [-0.1, -0.05) is 0 Å². The summed E-state index contributed by atoms with van der Waals surface area (Å²) in [7, 11) is 0. The molecule has 1 aromatic heterocycles. The van der Waals surface area contributed by atoms with Gasteiger partial charge in [0, 0.05) is 19.6 Å². The summed E-state index contributed by atoms with van der Waals surface area (Å²) in [5.41, 5.74) is 4.86. The zero-order valence-corrected chi connectivity index (χ0v) is 10.9. The van der Waals surface area contributed by atoms with Crippen molar-refractivity contribution < 1.29 is 14.0 Å². The fraction of sp³-hybridized carbons (Fsp3) is 0.500. The Kier molecular flexibility index (Phi) is 4.44. The van der Waals surface area contributed by atoms with Crippen molar-refractivity contribution in [3.8, 4) is 0 Å². The second-order valence-corrected chi connectivity index (χ2v) is 4.71. The van der Waals surface area contributed by atoms with Crippen molar-refractivity contribution in [1.82, 2.24) is 15.3 Å². The van der Waals surface area contributed by atoms with E-state index in [1.165, 1.54) is 0 Å². The Morgan fingerprint density at radius 2 is 1.95 bits per heavy atom. The highest BCUT2D eigenvalue weighted by molar-refractivity contribution is 6.34. The summed E-state index contributed by atoms with van der Waals surface area (Å²) in [5.74, 6) is -1.39. The van der Waals surface area contributed by atoms with Gasteiger partial charge in [0.2, 0.25) is 5.95 Å². The number of anilines is 1. The molecule has 0 saturated carbocycles. The monoisotopic (exact) mass is 281 g/mol. The van der Waals surface area contributed by atoms with Crippen molar-refractivity contribution in [2.45, 2.75) is 12.8 Å². The fourth-order valence-corrected chi connectivity index (χ4v) is 2.13. The number of primary amides is 1. The van der Waals surface area contributed by atoms with Crippen molar-refractivity contribution in [3.05, 3.63) is 18.2 Å². The average Bonchev–Trinajstić information content (AvgIpc) is 2.46. The van der Waals surface area contributed by atoms with Crippen molar-refractivity contribution in [3.63, 3.8) is 0 Å². The van der Waals surface area contributed by atoms with E-state index in [0.717, 1.165) is 38.3 Å². The highest BCUT2D eigenvalue weighted by Gasteiger charge is 2.22. The van der Waals surface area contributed by atoms with Gasteiger partial charge in [-0.3, -0.25) is 9.59 Å². The van der Waals surface area contributed by atoms with Gasteiger partial charge >= 0.3 is 11.8 Å². The Labute approximate surface area is 115 Å². The number of aromatic nitrogens is 2. The van der Waals surface area contributed by atoms with Crippen molar-refractivity contribution in [2.75, 3.05) is 24.5 Å². The Morgan fingerprint density at radius 3 is 2.50 bits per heavy atom. The molecule has 0 unspecified atom stereocenters. The maximum atomic E-state index is 12.7. The van der Waals surface area contributed by atoms with Gasteiger partial charge in [-0.15, -0.1) is 0 Å². The van der Waals surface area contributed by atoms with Crippen LogP contribution in [0.1, 0.15) is 12.8 Å². The third-order valence-corrected chi connectivity index (χ3v) is 3.28. The molecule has 3 N–H and O–H groups in total. The number of carbonyl (C=O) groups excluding carboxylic acids is 2. The molecule has 108 valence electrons. The first-order valence-corrected chi connectivity index (χ1v) is 6.36. The number of nitrogens with one attached hydrogen (secondary N) is 1. The van der Waals surface area contributed by atoms with Crippen LogP contribution in [-0.2, 0) is 9.59 Å². The van der Waals surface area contributed by atoms with Gasteiger partial charge in [-0.2, -0.15) is 0 Å². The summed E-state index contributed by atoms with van der Waals surface area (Å²) in [6.07, 6.45) is 3.95. The van der Waals surface area contributed by atoms with Crippen molar-refractivity contribution in [1.29, 1.82) is 0 Å². The third-order valence-electron chi connectivity index (χ3n) is 3.28. The minimum absolute atomic E-state index is 0.287. The van der Waals surface area contributed by atoms with E-state index in [2.05, 4.69) is 15.3 Å². The van der Waals surface area contributed by atoms with E-state index in [1.807, 2.05) is 4.90 Å². The van der Waals surface area contributed by atoms with Gasteiger partial charge in [0.25, 0.3) is 0 Å². The van der Waals surface area contributed by atoms with Crippen molar-refractivity contribution in [2.24, 2.45) is 11.7 Å². The lowest BCUT2D eigenvalue weighted by molar-refractivity contribution is -0.137. The van der Waals surface area contributed by atoms with Gasteiger partial charge in [0.15, 0.2) is 5.82 Å². The average molecular weight is 281 g/mol. The highest BCUT2D eigenvalue weighted by atomic mass is 19.1. The molecule has 0 atom stereocenters. The summed E-state index contributed by atoms with van der Waals surface area (Å²) in [4.78, 5) is 31.5. The van der Waals surface area contributed by atoms with Gasteiger partial charge < -0.3 is 16.0 Å². The Balaban J connectivity index is 1.79. The van der Waals surface area contributed by atoms with E-state index in [1.54, 1.807) is 0 Å². The summed E-state index contributed by atoms with van der Waals surface area (Å²) in [6.45, 7) is 1.88. The number of hydrogen-bond acceptors (Lipinski definition) is 5. The van der Waals surface area contributed by atoms with E-state index in [0.29, 0.717) is 12.5 Å². The van der Waals surface area contributed by atoms with Crippen LogP contribution in [0.3, 0.4) is 0 Å². The molecule has 0 radical (unpaired) electrons.